The number of hydrogen-bond donors (Lipinski definition) is 1. The van der Waals surface area contributed by atoms with Gasteiger partial charge in [-0.05, 0) is 24.6 Å². The molecule has 0 spiro atoms. The highest BCUT2D eigenvalue weighted by molar-refractivity contribution is 5.92. The molecule has 0 saturated heterocycles. The molecular weight excluding hydrogens is 230 g/mol. The van der Waals surface area contributed by atoms with Crippen LogP contribution in [-0.2, 0) is 6.54 Å². The molecule has 0 unspecified atom stereocenters. The first-order chi connectivity index (χ1) is 8.58. The average molecular weight is 245 g/mol. The lowest BCUT2D eigenvalue weighted by molar-refractivity contribution is 0.0752. The maximum atomic E-state index is 12.1. The average Bonchev–Trinajstić information content (AvgIpc) is 2.77. The lowest BCUT2D eigenvalue weighted by Crippen LogP contribution is -2.26. The first-order valence-corrected chi connectivity index (χ1v) is 5.58. The topological polar surface area (TPSA) is 72.4 Å². The van der Waals surface area contributed by atoms with Crippen molar-refractivity contribution in [3.63, 3.8) is 0 Å². The molecule has 1 amide bonds. The van der Waals surface area contributed by atoms with E-state index in [0.717, 1.165) is 5.56 Å². The van der Waals surface area contributed by atoms with Crippen molar-refractivity contribution in [2.75, 3.05) is 12.8 Å². The molecule has 1 aromatic heterocycles. The van der Waals surface area contributed by atoms with Crippen LogP contribution in [0.25, 0.3) is 0 Å². The minimum atomic E-state index is -0.179. The van der Waals surface area contributed by atoms with E-state index in [2.05, 4.69) is 4.98 Å². The van der Waals surface area contributed by atoms with Crippen LogP contribution in [0.15, 0.2) is 35.1 Å². The highest BCUT2D eigenvalue weighted by Crippen LogP contribution is 2.12. The molecule has 5 nitrogen and oxygen atoms in total. The number of nitrogens with zero attached hydrogens (tertiary/aromatic N) is 2. The largest absolute Gasteiger partial charge is 0.438 e. The van der Waals surface area contributed by atoms with Gasteiger partial charge in [-0.2, -0.15) is 0 Å². The monoisotopic (exact) mass is 245 g/mol. The van der Waals surface area contributed by atoms with E-state index >= 15 is 0 Å². The summed E-state index contributed by atoms with van der Waals surface area (Å²) in [5.74, 6) is 0.106. The summed E-state index contributed by atoms with van der Waals surface area (Å²) in [6, 6.07) is 7.42. The first kappa shape index (κ1) is 12.2. The number of anilines is 1. The van der Waals surface area contributed by atoms with Crippen LogP contribution < -0.4 is 5.73 Å². The van der Waals surface area contributed by atoms with Crippen molar-refractivity contribution in [3.05, 3.63) is 47.7 Å². The minimum Gasteiger partial charge on any atom is -0.438 e. The van der Waals surface area contributed by atoms with Crippen LogP contribution in [0, 0.1) is 6.92 Å². The zero-order valence-electron chi connectivity index (χ0n) is 10.4. The van der Waals surface area contributed by atoms with Gasteiger partial charge in [0.15, 0.2) is 6.39 Å². The van der Waals surface area contributed by atoms with Crippen molar-refractivity contribution < 1.29 is 9.21 Å². The van der Waals surface area contributed by atoms with Crippen LogP contribution in [0.2, 0.25) is 0 Å². The summed E-state index contributed by atoms with van der Waals surface area (Å²) >= 11 is 0. The Morgan fingerprint density at radius 3 is 2.61 bits per heavy atom. The van der Waals surface area contributed by atoms with E-state index in [-0.39, 0.29) is 11.7 Å². The smallest absolute Gasteiger partial charge is 0.291 e. The van der Waals surface area contributed by atoms with Crippen LogP contribution >= 0.6 is 0 Å². The lowest BCUT2D eigenvalue weighted by atomic mass is 10.2. The first-order valence-electron chi connectivity index (χ1n) is 5.58. The van der Waals surface area contributed by atoms with Gasteiger partial charge in [0.2, 0.25) is 5.76 Å². The molecule has 2 aromatic rings. The van der Waals surface area contributed by atoms with Crippen molar-refractivity contribution in [3.8, 4) is 0 Å². The molecule has 0 saturated carbocycles. The van der Waals surface area contributed by atoms with E-state index in [9.17, 15) is 4.79 Å². The third-order valence-electron chi connectivity index (χ3n) is 2.69. The molecule has 1 aromatic carbocycles. The second kappa shape index (κ2) is 4.91. The highest BCUT2D eigenvalue weighted by Gasteiger charge is 2.18. The molecule has 0 aliphatic carbocycles. The predicted molar refractivity (Wildman–Crippen MR) is 67.9 cm³/mol. The van der Waals surface area contributed by atoms with Gasteiger partial charge in [-0.25, -0.2) is 4.98 Å². The second-order valence-electron chi connectivity index (χ2n) is 4.17. The minimum absolute atomic E-state index is 0.179. The van der Waals surface area contributed by atoms with E-state index < -0.39 is 0 Å². The standard InChI is InChI=1S/C13H15N3O2/c1-9-12(18-8-15-9)13(17)16(2)7-10-3-5-11(14)6-4-10/h3-6,8H,7,14H2,1-2H3. The molecule has 0 fully saturated rings. The molecule has 5 heteroatoms. The van der Waals surface area contributed by atoms with Gasteiger partial charge in [0.05, 0.1) is 5.69 Å². The zero-order valence-corrected chi connectivity index (χ0v) is 10.4. The molecule has 2 N–H and O–H groups in total. The van der Waals surface area contributed by atoms with E-state index in [1.807, 2.05) is 24.3 Å². The summed E-state index contributed by atoms with van der Waals surface area (Å²) in [7, 11) is 1.72. The molecule has 1 heterocycles. The van der Waals surface area contributed by atoms with E-state index in [1.54, 1.807) is 18.9 Å². The number of nitrogen functional groups attached to an aromatic ring is 1. The molecule has 0 atom stereocenters. The van der Waals surface area contributed by atoms with Crippen LogP contribution in [0.4, 0.5) is 5.69 Å². The van der Waals surface area contributed by atoms with Crippen LogP contribution in [0.1, 0.15) is 21.8 Å². The number of hydrogen-bond acceptors (Lipinski definition) is 4. The molecule has 0 aliphatic rings. The Labute approximate surface area is 105 Å². The van der Waals surface area contributed by atoms with Gasteiger partial charge in [-0.3, -0.25) is 4.79 Å². The number of aryl methyl sites for hydroxylation is 1. The molecule has 94 valence electrons. The van der Waals surface area contributed by atoms with Gasteiger partial charge < -0.3 is 15.1 Å². The molecule has 0 aliphatic heterocycles. The van der Waals surface area contributed by atoms with Gasteiger partial charge in [0.1, 0.15) is 0 Å². The Balaban J connectivity index is 2.08. The van der Waals surface area contributed by atoms with Gasteiger partial charge in [0.25, 0.3) is 5.91 Å². The second-order valence-corrected chi connectivity index (χ2v) is 4.17. The van der Waals surface area contributed by atoms with E-state index in [4.69, 9.17) is 10.2 Å². The lowest BCUT2D eigenvalue weighted by Gasteiger charge is -2.16. The van der Waals surface area contributed by atoms with Crippen molar-refractivity contribution in [2.24, 2.45) is 0 Å². The van der Waals surface area contributed by atoms with Crippen LogP contribution in [0.5, 0.6) is 0 Å². The van der Waals surface area contributed by atoms with Gasteiger partial charge >= 0.3 is 0 Å². The SMILES string of the molecule is Cc1ncoc1C(=O)N(C)Cc1ccc(N)cc1. The zero-order chi connectivity index (χ0) is 13.1. The Morgan fingerprint density at radius 2 is 2.06 bits per heavy atom. The predicted octanol–water partition coefficient (Wildman–Crippen LogP) is 1.84. The number of aromatic nitrogens is 1. The summed E-state index contributed by atoms with van der Waals surface area (Å²) < 4.78 is 5.08. The van der Waals surface area contributed by atoms with Crippen molar-refractivity contribution >= 4 is 11.6 Å². The molecule has 2 rings (SSSR count). The Kier molecular flexibility index (Phi) is 3.32. The number of oxazole rings is 1. The Morgan fingerprint density at radius 1 is 1.39 bits per heavy atom. The van der Waals surface area contributed by atoms with E-state index in [0.29, 0.717) is 17.9 Å². The van der Waals surface area contributed by atoms with Crippen molar-refractivity contribution in [1.29, 1.82) is 0 Å². The third-order valence-corrected chi connectivity index (χ3v) is 2.69. The number of carbonyl (C=O) groups excluding carboxylic acids is 1. The fraction of sp³-hybridized carbons (Fsp3) is 0.231. The number of benzene rings is 1. The van der Waals surface area contributed by atoms with Gasteiger partial charge in [-0.15, -0.1) is 0 Å². The maximum absolute atomic E-state index is 12.1. The molecule has 0 bridgehead atoms. The normalized spacial score (nSPS) is 10.3. The molecule has 18 heavy (non-hydrogen) atoms. The van der Waals surface area contributed by atoms with Crippen LogP contribution in [0.3, 0.4) is 0 Å². The quantitative estimate of drug-likeness (QED) is 0.837. The van der Waals surface area contributed by atoms with Crippen molar-refractivity contribution in [1.82, 2.24) is 9.88 Å². The van der Waals surface area contributed by atoms with Crippen molar-refractivity contribution in [2.45, 2.75) is 13.5 Å². The third kappa shape index (κ3) is 2.51. The summed E-state index contributed by atoms with van der Waals surface area (Å²) in [5, 5.41) is 0. The number of carbonyl (C=O) groups is 1. The number of nitrogens with two attached hydrogens (primary N) is 1. The summed E-state index contributed by atoms with van der Waals surface area (Å²) in [4.78, 5) is 17.6. The number of amides is 1. The fourth-order valence-electron chi connectivity index (χ4n) is 1.65. The summed E-state index contributed by atoms with van der Waals surface area (Å²) in [6.45, 7) is 2.24. The molecular formula is C13H15N3O2. The van der Waals surface area contributed by atoms with E-state index in [1.165, 1.54) is 6.39 Å². The summed E-state index contributed by atoms with van der Waals surface area (Å²) in [5.41, 5.74) is 7.93. The fourth-order valence-corrected chi connectivity index (χ4v) is 1.65. The number of rotatable bonds is 3. The van der Waals surface area contributed by atoms with Crippen LogP contribution in [-0.4, -0.2) is 22.8 Å². The van der Waals surface area contributed by atoms with Gasteiger partial charge in [-0.1, -0.05) is 12.1 Å². The Bertz CT molecular complexity index is 546. The molecule has 0 radical (unpaired) electrons. The maximum Gasteiger partial charge on any atom is 0.291 e. The van der Waals surface area contributed by atoms with Gasteiger partial charge in [0, 0.05) is 19.3 Å². The highest BCUT2D eigenvalue weighted by atomic mass is 16.3. The Hall–Kier alpha value is -2.30. The summed E-state index contributed by atoms with van der Waals surface area (Å²) in [6.07, 6.45) is 1.28.